The highest BCUT2D eigenvalue weighted by molar-refractivity contribution is 7.21. The topological polar surface area (TPSA) is 55.1 Å². The van der Waals surface area contributed by atoms with Gasteiger partial charge in [-0.25, -0.2) is 4.98 Å². The first-order chi connectivity index (χ1) is 15.5. The Labute approximate surface area is 190 Å². The lowest BCUT2D eigenvalue weighted by atomic mass is 10.1. The van der Waals surface area contributed by atoms with Gasteiger partial charge in [0.25, 0.3) is 5.91 Å². The first kappa shape index (κ1) is 20.2. The van der Waals surface area contributed by atoms with E-state index in [1.807, 2.05) is 55.5 Å². The van der Waals surface area contributed by atoms with Gasteiger partial charge in [0.05, 0.1) is 10.2 Å². The van der Waals surface area contributed by atoms with Gasteiger partial charge in [0, 0.05) is 16.8 Å². The van der Waals surface area contributed by atoms with Crippen molar-refractivity contribution in [1.29, 1.82) is 0 Å². The van der Waals surface area contributed by atoms with Crippen molar-refractivity contribution in [2.75, 3.05) is 5.32 Å². The third-order valence-electron chi connectivity index (χ3n) is 5.73. The second-order valence-electron chi connectivity index (χ2n) is 7.88. The molecule has 32 heavy (non-hydrogen) atoms. The lowest BCUT2D eigenvalue weighted by Gasteiger charge is -2.10. The number of aromatic nitrogens is 1. The monoisotopic (exact) mass is 438 g/mol. The molecule has 1 N–H and O–H groups in total. The number of furan rings is 1. The molecule has 1 amide bonds. The lowest BCUT2D eigenvalue weighted by Crippen LogP contribution is -2.12. The highest BCUT2D eigenvalue weighted by Gasteiger charge is 2.16. The molecule has 0 aliphatic carbocycles. The Balaban J connectivity index is 1.41. The van der Waals surface area contributed by atoms with Crippen LogP contribution in [-0.4, -0.2) is 10.9 Å². The van der Waals surface area contributed by atoms with Crippen molar-refractivity contribution < 1.29 is 9.21 Å². The quantitative estimate of drug-likeness (QED) is 0.318. The Hall–Kier alpha value is -3.70. The Morgan fingerprint density at radius 3 is 2.56 bits per heavy atom. The number of aryl methyl sites for hydroxylation is 2. The zero-order valence-electron chi connectivity index (χ0n) is 18.1. The van der Waals surface area contributed by atoms with E-state index in [4.69, 9.17) is 9.40 Å². The molecule has 0 spiro atoms. The van der Waals surface area contributed by atoms with Crippen LogP contribution in [0.15, 0.2) is 77.2 Å². The fraction of sp³-hybridized carbons (Fsp3) is 0.111. The summed E-state index contributed by atoms with van der Waals surface area (Å²) in [5, 5.41) is 3.94. The highest BCUT2D eigenvalue weighted by Crippen LogP contribution is 2.34. The summed E-state index contributed by atoms with van der Waals surface area (Å²) in [4.78, 5) is 17.7. The third-order valence-corrected chi connectivity index (χ3v) is 6.80. The molecule has 0 bridgehead atoms. The number of carbonyl (C=O) groups excluding carboxylic acids is 1. The summed E-state index contributed by atoms with van der Waals surface area (Å²) in [6.07, 6.45) is 0. The van der Waals surface area contributed by atoms with Gasteiger partial charge in [-0.2, -0.15) is 0 Å². The molecule has 0 saturated heterocycles. The summed E-state index contributed by atoms with van der Waals surface area (Å²) < 4.78 is 7.02. The predicted molar refractivity (Wildman–Crippen MR) is 131 cm³/mol. The van der Waals surface area contributed by atoms with Gasteiger partial charge in [-0.15, -0.1) is 11.3 Å². The van der Waals surface area contributed by atoms with Gasteiger partial charge in [-0.05, 0) is 73.9 Å². The van der Waals surface area contributed by atoms with E-state index in [0.717, 1.165) is 37.6 Å². The number of rotatable bonds is 4. The van der Waals surface area contributed by atoms with Gasteiger partial charge < -0.3 is 9.73 Å². The summed E-state index contributed by atoms with van der Waals surface area (Å²) in [6, 6.07) is 23.7. The van der Waals surface area contributed by atoms with E-state index in [2.05, 4.69) is 37.4 Å². The third kappa shape index (κ3) is 3.72. The fourth-order valence-corrected chi connectivity index (χ4v) is 4.73. The van der Waals surface area contributed by atoms with E-state index >= 15 is 0 Å². The second-order valence-corrected chi connectivity index (χ2v) is 8.91. The van der Waals surface area contributed by atoms with Crippen LogP contribution in [0.3, 0.4) is 0 Å². The SMILES string of the molecule is Cc1ccc(-c2ccc(C(=O)Nc3cccc(-c4nc5ccccc5s4)c3C)o2)cc1C. The van der Waals surface area contributed by atoms with Crippen molar-refractivity contribution >= 4 is 33.1 Å². The molecule has 0 unspecified atom stereocenters. The molecule has 5 heteroatoms. The van der Waals surface area contributed by atoms with E-state index in [1.165, 1.54) is 11.1 Å². The minimum Gasteiger partial charge on any atom is -0.451 e. The molecule has 0 radical (unpaired) electrons. The number of hydrogen-bond acceptors (Lipinski definition) is 4. The van der Waals surface area contributed by atoms with Gasteiger partial charge >= 0.3 is 0 Å². The normalized spacial score (nSPS) is 11.1. The van der Waals surface area contributed by atoms with Crippen LogP contribution in [0.5, 0.6) is 0 Å². The Morgan fingerprint density at radius 2 is 1.75 bits per heavy atom. The number of fused-ring (bicyclic) bond motifs is 1. The lowest BCUT2D eigenvalue weighted by molar-refractivity contribution is 0.0997. The summed E-state index contributed by atoms with van der Waals surface area (Å²) in [5.41, 5.74) is 7.09. The molecule has 158 valence electrons. The van der Waals surface area contributed by atoms with Gasteiger partial charge in [-0.3, -0.25) is 4.79 Å². The van der Waals surface area contributed by atoms with Crippen molar-refractivity contribution in [2.24, 2.45) is 0 Å². The van der Waals surface area contributed by atoms with Crippen molar-refractivity contribution in [3.05, 3.63) is 95.2 Å². The second kappa shape index (κ2) is 8.09. The van der Waals surface area contributed by atoms with E-state index in [-0.39, 0.29) is 11.7 Å². The molecule has 3 aromatic carbocycles. The van der Waals surface area contributed by atoms with E-state index in [1.54, 1.807) is 17.4 Å². The van der Waals surface area contributed by atoms with Gasteiger partial charge in [0.2, 0.25) is 0 Å². The summed E-state index contributed by atoms with van der Waals surface area (Å²) in [7, 11) is 0. The maximum Gasteiger partial charge on any atom is 0.291 e. The number of anilines is 1. The first-order valence-electron chi connectivity index (χ1n) is 10.4. The molecule has 0 aliphatic rings. The molecule has 0 aliphatic heterocycles. The molecule has 0 saturated carbocycles. The van der Waals surface area contributed by atoms with Gasteiger partial charge in [0.15, 0.2) is 5.76 Å². The zero-order chi connectivity index (χ0) is 22.2. The van der Waals surface area contributed by atoms with Crippen LogP contribution < -0.4 is 5.32 Å². The molecular formula is C27H22N2O2S. The zero-order valence-corrected chi connectivity index (χ0v) is 18.9. The van der Waals surface area contributed by atoms with E-state index < -0.39 is 0 Å². The minimum atomic E-state index is -0.273. The van der Waals surface area contributed by atoms with Crippen molar-refractivity contribution in [3.8, 4) is 21.9 Å². The van der Waals surface area contributed by atoms with Crippen LogP contribution in [0.4, 0.5) is 5.69 Å². The summed E-state index contributed by atoms with van der Waals surface area (Å²) >= 11 is 1.65. The maximum absolute atomic E-state index is 12.9. The molecule has 0 atom stereocenters. The molecule has 2 aromatic heterocycles. The average Bonchev–Trinajstić information content (AvgIpc) is 3.44. The maximum atomic E-state index is 12.9. The Kier molecular flexibility index (Phi) is 5.11. The highest BCUT2D eigenvalue weighted by atomic mass is 32.1. The predicted octanol–water partition coefficient (Wildman–Crippen LogP) is 7.40. The molecule has 5 rings (SSSR count). The number of nitrogens with one attached hydrogen (secondary N) is 1. The van der Waals surface area contributed by atoms with Crippen molar-refractivity contribution in [2.45, 2.75) is 20.8 Å². The molecule has 0 fully saturated rings. The number of carbonyl (C=O) groups is 1. The van der Waals surface area contributed by atoms with Crippen LogP contribution in [0.1, 0.15) is 27.2 Å². The summed E-state index contributed by atoms with van der Waals surface area (Å²) in [5.74, 6) is 0.686. The van der Waals surface area contributed by atoms with Crippen LogP contribution in [-0.2, 0) is 0 Å². The van der Waals surface area contributed by atoms with Crippen molar-refractivity contribution in [3.63, 3.8) is 0 Å². The van der Waals surface area contributed by atoms with Crippen LogP contribution in [0.2, 0.25) is 0 Å². The van der Waals surface area contributed by atoms with Crippen LogP contribution in [0.25, 0.3) is 32.1 Å². The number of amides is 1. The van der Waals surface area contributed by atoms with Gasteiger partial charge in [0.1, 0.15) is 10.8 Å². The van der Waals surface area contributed by atoms with Crippen LogP contribution >= 0.6 is 11.3 Å². The standard InChI is InChI=1S/C27H22N2O2S/c1-16-11-12-19(15-17(16)2)23-13-14-24(31-23)26(30)28-21-9-6-7-20(18(21)3)27-29-22-8-4-5-10-25(22)32-27/h4-15H,1-3H3,(H,28,30). The molecule has 2 heterocycles. The Bertz CT molecular complexity index is 1430. The van der Waals surface area contributed by atoms with Gasteiger partial charge in [-0.1, -0.05) is 36.4 Å². The smallest absolute Gasteiger partial charge is 0.291 e. The number of hydrogen-bond donors (Lipinski definition) is 1. The summed E-state index contributed by atoms with van der Waals surface area (Å²) in [6.45, 7) is 6.14. The van der Waals surface area contributed by atoms with E-state index in [9.17, 15) is 4.79 Å². The Morgan fingerprint density at radius 1 is 0.906 bits per heavy atom. The number of nitrogens with zero attached hydrogens (tertiary/aromatic N) is 1. The number of para-hydroxylation sites is 1. The average molecular weight is 439 g/mol. The van der Waals surface area contributed by atoms with E-state index in [0.29, 0.717) is 5.76 Å². The molecule has 5 aromatic rings. The number of thiazole rings is 1. The van der Waals surface area contributed by atoms with Crippen LogP contribution in [0, 0.1) is 20.8 Å². The minimum absolute atomic E-state index is 0.273. The first-order valence-corrected chi connectivity index (χ1v) is 11.3. The molecule has 4 nitrogen and oxygen atoms in total. The largest absolute Gasteiger partial charge is 0.451 e. The number of benzene rings is 3. The molecular weight excluding hydrogens is 416 g/mol. The van der Waals surface area contributed by atoms with Crippen molar-refractivity contribution in [1.82, 2.24) is 4.98 Å². The fourth-order valence-electron chi connectivity index (χ4n) is 3.68.